The van der Waals surface area contributed by atoms with E-state index >= 15 is 0 Å². The monoisotopic (exact) mass is 1040 g/mol. The van der Waals surface area contributed by atoms with Crippen molar-refractivity contribution >= 4 is 29.2 Å². The second-order valence-corrected chi connectivity index (χ2v) is 21.7. The summed E-state index contributed by atoms with van der Waals surface area (Å²) in [5.41, 5.74) is 2.01. The third-order valence-corrected chi connectivity index (χ3v) is 16.0. The Balaban J connectivity index is 1.44. The van der Waals surface area contributed by atoms with Crippen molar-refractivity contribution < 1.29 is 63.0 Å². The number of aliphatic hydroxyl groups is 3. The molecule has 1 amide bonds. The Bertz CT molecular complexity index is 2160. The Kier molecular flexibility index (Phi) is 23.5. The lowest BCUT2D eigenvalue weighted by molar-refractivity contribution is -0.265. The SMILES string of the molecule is CO[C@H]1C[C@@H]2CC[C@@H](C)[C@@](O)(O2)C(=O)C(=O)N2CCCC[C@H]2C(=O)O[C@H]([C@H](C)C[C@@H]2CC[C@H](n3cc(CNCCO)nn3)[C@H](OC)C2)CC(=O)[C@H](C)/C=C(\C)[C@@H](O)[C@@H](OC)C(=O)[C@H](C)C[C@H](C)/C=C/C=CC=C1C. The number of esters is 1. The van der Waals surface area contributed by atoms with E-state index < -0.39 is 77.8 Å². The Morgan fingerprint density at radius 3 is 2.36 bits per heavy atom. The first kappa shape index (κ1) is 60.6. The lowest BCUT2D eigenvalue weighted by atomic mass is 9.77. The molecule has 3 fully saturated rings. The van der Waals surface area contributed by atoms with Gasteiger partial charge in [-0.15, -0.1) is 5.10 Å². The molecule has 0 unspecified atom stereocenters. The number of amides is 1. The summed E-state index contributed by atoms with van der Waals surface area (Å²) in [5.74, 6) is -8.05. The zero-order valence-corrected chi connectivity index (χ0v) is 45.7. The average molecular weight is 1040 g/mol. The van der Waals surface area contributed by atoms with Crippen LogP contribution in [0.15, 0.2) is 53.8 Å². The third kappa shape index (κ3) is 15.9. The number of aliphatic hydroxyl groups excluding tert-OH is 2. The van der Waals surface area contributed by atoms with E-state index in [9.17, 15) is 34.2 Å². The normalized spacial score (nSPS) is 35.8. The van der Waals surface area contributed by atoms with Gasteiger partial charge in [-0.3, -0.25) is 19.2 Å². The van der Waals surface area contributed by atoms with Crippen LogP contribution in [0.25, 0.3) is 0 Å². The molecule has 4 heterocycles. The van der Waals surface area contributed by atoms with Crippen molar-refractivity contribution in [3.05, 3.63) is 59.5 Å². The predicted octanol–water partition coefficient (Wildman–Crippen LogP) is 5.73. The zero-order valence-electron chi connectivity index (χ0n) is 45.7. The molecule has 2 saturated heterocycles. The molecule has 4 N–H and O–H groups in total. The van der Waals surface area contributed by atoms with Gasteiger partial charge in [-0.1, -0.05) is 76.3 Å². The number of allylic oxidation sites excluding steroid dienone is 6. The van der Waals surface area contributed by atoms with E-state index in [0.29, 0.717) is 70.0 Å². The molecule has 1 aliphatic carbocycles. The first-order valence-corrected chi connectivity index (χ1v) is 27.0. The van der Waals surface area contributed by atoms with Crippen LogP contribution in [0.1, 0.15) is 137 Å². The van der Waals surface area contributed by atoms with Gasteiger partial charge in [0.15, 0.2) is 5.78 Å². The number of hydrogen-bond acceptors (Lipinski definition) is 16. The van der Waals surface area contributed by atoms with Gasteiger partial charge in [0.25, 0.3) is 11.7 Å². The number of nitrogens with zero attached hydrogens (tertiary/aromatic N) is 4. The minimum absolute atomic E-state index is 0.0100. The molecule has 4 aliphatic rings. The molecule has 1 aromatic rings. The van der Waals surface area contributed by atoms with E-state index in [1.54, 1.807) is 41.1 Å². The summed E-state index contributed by atoms with van der Waals surface area (Å²) in [7, 11) is 4.63. The molecule has 5 rings (SSSR count). The van der Waals surface area contributed by atoms with Gasteiger partial charge in [-0.25, -0.2) is 9.48 Å². The fourth-order valence-corrected chi connectivity index (χ4v) is 11.3. The molecule has 414 valence electrons. The number of ketones is 3. The van der Waals surface area contributed by atoms with Crippen LogP contribution in [0.4, 0.5) is 0 Å². The second-order valence-electron chi connectivity index (χ2n) is 21.7. The highest BCUT2D eigenvalue weighted by Crippen LogP contribution is 2.40. The number of hydrogen-bond donors (Lipinski definition) is 4. The van der Waals surface area contributed by atoms with Gasteiger partial charge < -0.3 is 49.2 Å². The lowest BCUT2D eigenvalue weighted by Gasteiger charge is -2.42. The van der Waals surface area contributed by atoms with E-state index in [1.165, 1.54) is 12.0 Å². The van der Waals surface area contributed by atoms with E-state index in [-0.39, 0.29) is 67.5 Å². The van der Waals surface area contributed by atoms with Crippen molar-refractivity contribution in [1.82, 2.24) is 25.2 Å². The first-order valence-electron chi connectivity index (χ1n) is 27.0. The number of aromatic nitrogens is 3. The molecular formula is C56H87N5O13. The van der Waals surface area contributed by atoms with Crippen LogP contribution in [0, 0.1) is 35.5 Å². The number of piperidine rings is 1. The molecule has 0 aromatic carbocycles. The highest BCUT2D eigenvalue weighted by molar-refractivity contribution is 6.39. The van der Waals surface area contributed by atoms with Gasteiger partial charge in [0.1, 0.15) is 30.1 Å². The van der Waals surface area contributed by atoms with Crippen molar-refractivity contribution in [2.45, 2.75) is 187 Å². The Hall–Kier alpha value is -4.27. The summed E-state index contributed by atoms with van der Waals surface area (Å²) in [6.45, 7) is 13.7. The van der Waals surface area contributed by atoms with Gasteiger partial charge >= 0.3 is 5.97 Å². The van der Waals surface area contributed by atoms with Gasteiger partial charge in [0, 0.05) is 71.6 Å². The molecule has 0 radical (unpaired) electrons. The summed E-state index contributed by atoms with van der Waals surface area (Å²) >= 11 is 0. The highest BCUT2D eigenvalue weighted by atomic mass is 16.6. The van der Waals surface area contributed by atoms with E-state index in [2.05, 4.69) is 15.6 Å². The summed E-state index contributed by atoms with van der Waals surface area (Å²) in [6, 6.07) is -1.23. The molecular weight excluding hydrogens is 951 g/mol. The number of Topliss-reactive ketones (excluding diaryl/α,β-unsaturated/α-hetero) is 3. The number of fused-ring (bicyclic) bond motifs is 3. The number of cyclic esters (lactones) is 1. The van der Waals surface area contributed by atoms with Crippen molar-refractivity contribution in [2.24, 2.45) is 35.5 Å². The largest absolute Gasteiger partial charge is 0.460 e. The maximum Gasteiger partial charge on any atom is 0.329 e. The molecule has 1 saturated carbocycles. The van der Waals surface area contributed by atoms with Crippen molar-refractivity contribution in [3.63, 3.8) is 0 Å². The van der Waals surface area contributed by atoms with Crippen LogP contribution in [-0.4, -0.2) is 154 Å². The van der Waals surface area contributed by atoms with E-state index in [0.717, 1.165) is 24.1 Å². The molecule has 3 aliphatic heterocycles. The van der Waals surface area contributed by atoms with Crippen LogP contribution < -0.4 is 5.32 Å². The fraction of sp³-hybridized carbons (Fsp3) is 0.732. The second kappa shape index (κ2) is 28.7. The molecule has 15 atom stereocenters. The van der Waals surface area contributed by atoms with Gasteiger partial charge in [-0.05, 0) is 107 Å². The molecule has 2 bridgehead atoms. The molecule has 18 heteroatoms. The Labute approximate surface area is 438 Å². The van der Waals surface area contributed by atoms with E-state index in [4.69, 9.17) is 28.8 Å². The van der Waals surface area contributed by atoms with E-state index in [1.807, 2.05) is 69.0 Å². The quantitative estimate of drug-likeness (QED) is 0.0896. The summed E-state index contributed by atoms with van der Waals surface area (Å²) in [5, 5.41) is 44.6. The number of ether oxygens (including phenoxy) is 5. The molecule has 18 nitrogen and oxygen atoms in total. The zero-order chi connectivity index (χ0) is 54.3. The number of nitrogens with one attached hydrogen (secondary N) is 1. The number of rotatable bonds is 11. The van der Waals surface area contributed by atoms with Crippen molar-refractivity contribution in [2.75, 3.05) is 41.0 Å². The lowest BCUT2D eigenvalue weighted by Crippen LogP contribution is -2.61. The summed E-state index contributed by atoms with van der Waals surface area (Å²) < 4.78 is 31.9. The summed E-state index contributed by atoms with van der Waals surface area (Å²) in [4.78, 5) is 72.7. The van der Waals surface area contributed by atoms with Gasteiger partial charge in [0.05, 0.1) is 42.9 Å². The van der Waals surface area contributed by atoms with Gasteiger partial charge in [-0.2, -0.15) is 0 Å². The standard InChI is InChI=1S/C56H87N5O13/c1-34-16-12-11-13-17-35(2)47(70-8)30-43-21-19-40(7)56(69,74-43)53(66)54(67)60-24-15-14-18-45(60)55(68)73-48(31-46(63)36(3)27-39(6)51(65)52(72-10)50(64)38(5)26-34)37(4)28-41-20-22-44(49(29-41)71-9)61-33-42(58-59-61)32-57-23-25-62/h11-13,16-17,27,33-34,36-38,40-41,43-45,47-49,51-52,57,62,65,69H,14-15,18-26,28-32H2,1-10H3/b13-11?,16-12+,35-17?,39-27+/t34-,36-,37-,38-,40-,41+,43+,44+,45+,47+,48+,49-,51-,52+,56-/m1/s1. The first-order chi connectivity index (χ1) is 35.3. The molecule has 1 aromatic heterocycles. The van der Waals surface area contributed by atoms with Crippen LogP contribution >= 0.6 is 0 Å². The number of carbonyl (C=O) groups excluding carboxylic acids is 5. The fourth-order valence-electron chi connectivity index (χ4n) is 11.3. The predicted molar refractivity (Wildman–Crippen MR) is 277 cm³/mol. The maximum atomic E-state index is 14.6. The van der Waals surface area contributed by atoms with Crippen LogP contribution in [0.3, 0.4) is 0 Å². The average Bonchev–Trinajstić information content (AvgIpc) is 3.86. The topological polar surface area (TPSA) is 238 Å². The third-order valence-electron chi connectivity index (χ3n) is 16.0. The molecule has 74 heavy (non-hydrogen) atoms. The maximum absolute atomic E-state index is 14.6. The highest BCUT2D eigenvalue weighted by Gasteiger charge is 2.53. The summed E-state index contributed by atoms with van der Waals surface area (Å²) in [6.07, 6.45) is 14.0. The van der Waals surface area contributed by atoms with Crippen LogP contribution in [0.2, 0.25) is 0 Å². The van der Waals surface area contributed by atoms with Crippen molar-refractivity contribution in [1.29, 1.82) is 0 Å². The van der Waals surface area contributed by atoms with Crippen molar-refractivity contribution in [3.8, 4) is 0 Å². The minimum atomic E-state index is -2.44. The molecule has 0 spiro atoms. The Morgan fingerprint density at radius 1 is 0.905 bits per heavy atom. The smallest absolute Gasteiger partial charge is 0.329 e. The minimum Gasteiger partial charge on any atom is -0.460 e. The number of carbonyl (C=O) groups is 5. The Morgan fingerprint density at radius 2 is 1.66 bits per heavy atom. The van der Waals surface area contributed by atoms with Gasteiger partial charge in [0.2, 0.25) is 5.79 Å². The van der Waals surface area contributed by atoms with Crippen LogP contribution in [-0.2, 0) is 54.2 Å². The number of methoxy groups -OCH3 is 3. The van der Waals surface area contributed by atoms with Crippen LogP contribution in [0.5, 0.6) is 0 Å².